The second-order valence-corrected chi connectivity index (χ2v) is 1.83. The van der Waals surface area contributed by atoms with Crippen LogP contribution in [0.25, 0.3) is 0 Å². The Balaban J connectivity index is 2.82. The molecule has 0 radical (unpaired) electrons. The van der Waals surface area contributed by atoms with E-state index in [4.69, 9.17) is 15.6 Å². The zero-order chi connectivity index (χ0) is 6.85. The summed E-state index contributed by atoms with van der Waals surface area (Å²) >= 11 is 0. The number of nitrogens with one attached hydrogen (secondary N) is 1. The third kappa shape index (κ3) is 1.17. The molecule has 1 aliphatic carbocycles. The number of aliphatic hydroxyl groups is 2. The highest BCUT2D eigenvalue weighted by Gasteiger charge is 2.09. The molecule has 1 rings (SSSR count). The van der Waals surface area contributed by atoms with Gasteiger partial charge in [0.15, 0.2) is 0 Å². The van der Waals surface area contributed by atoms with Crippen LogP contribution in [0.5, 0.6) is 0 Å². The summed E-state index contributed by atoms with van der Waals surface area (Å²) in [6.07, 6.45) is 3.01. The summed E-state index contributed by atoms with van der Waals surface area (Å²) in [6.45, 7) is 0. The van der Waals surface area contributed by atoms with Crippen molar-refractivity contribution in [3.63, 3.8) is 0 Å². The second-order valence-electron chi connectivity index (χ2n) is 1.83. The normalized spacial score (nSPS) is 26.1. The molecule has 0 aromatic carbocycles. The first kappa shape index (κ1) is 6.04. The lowest BCUT2D eigenvalue weighted by Gasteiger charge is -2.07. The molecule has 0 saturated heterocycles. The van der Waals surface area contributed by atoms with E-state index in [1.165, 1.54) is 18.2 Å². The van der Waals surface area contributed by atoms with Crippen LogP contribution in [0.1, 0.15) is 0 Å². The summed E-state index contributed by atoms with van der Waals surface area (Å²) < 4.78 is 0. The molecule has 0 spiro atoms. The van der Waals surface area contributed by atoms with Crippen LogP contribution in [0, 0.1) is 5.41 Å². The summed E-state index contributed by atoms with van der Waals surface area (Å²) in [5.74, 6) is 0.0125. The fourth-order valence-corrected chi connectivity index (χ4v) is 0.581. The molecule has 0 aromatic rings. The van der Waals surface area contributed by atoms with Gasteiger partial charge >= 0.3 is 0 Å². The highest BCUT2D eigenvalue weighted by Crippen LogP contribution is 2.03. The van der Waals surface area contributed by atoms with Gasteiger partial charge in [-0.1, -0.05) is 0 Å². The van der Waals surface area contributed by atoms with Crippen molar-refractivity contribution in [1.82, 2.24) is 0 Å². The summed E-state index contributed by atoms with van der Waals surface area (Å²) in [7, 11) is 0. The zero-order valence-corrected chi connectivity index (χ0v) is 4.70. The highest BCUT2D eigenvalue weighted by molar-refractivity contribution is 5.98. The Hall–Kier alpha value is -1.09. The topological polar surface area (TPSA) is 64.3 Å². The third-order valence-electron chi connectivity index (χ3n) is 1.08. The quantitative estimate of drug-likeness (QED) is 0.438. The van der Waals surface area contributed by atoms with E-state index in [9.17, 15) is 0 Å². The molecule has 1 unspecified atom stereocenters. The lowest BCUT2D eigenvalue weighted by Crippen LogP contribution is -2.17. The SMILES string of the molecule is N=C1C=CC(O)=CC1O. The summed E-state index contributed by atoms with van der Waals surface area (Å²) in [5.41, 5.74) is 0.104. The van der Waals surface area contributed by atoms with Crippen molar-refractivity contribution in [3.8, 4) is 0 Å². The van der Waals surface area contributed by atoms with E-state index < -0.39 is 6.10 Å². The van der Waals surface area contributed by atoms with Crippen molar-refractivity contribution in [3.05, 3.63) is 24.0 Å². The maximum atomic E-state index is 8.84. The number of allylic oxidation sites excluding steroid dienone is 1. The van der Waals surface area contributed by atoms with Gasteiger partial charge < -0.3 is 15.6 Å². The number of rotatable bonds is 0. The van der Waals surface area contributed by atoms with Gasteiger partial charge in [-0.25, -0.2) is 0 Å². The van der Waals surface area contributed by atoms with Crippen LogP contribution in [0.3, 0.4) is 0 Å². The molecule has 0 heterocycles. The van der Waals surface area contributed by atoms with Crippen molar-refractivity contribution in [2.75, 3.05) is 0 Å². The molecule has 3 nitrogen and oxygen atoms in total. The van der Waals surface area contributed by atoms with Crippen LogP contribution >= 0.6 is 0 Å². The Bertz CT molecular complexity index is 193. The molecular formula is C6H7NO2. The van der Waals surface area contributed by atoms with Gasteiger partial charge in [-0.2, -0.15) is 0 Å². The predicted molar refractivity (Wildman–Crippen MR) is 33.6 cm³/mol. The molecular weight excluding hydrogens is 118 g/mol. The molecule has 0 saturated carbocycles. The summed E-state index contributed by atoms with van der Waals surface area (Å²) in [6, 6.07) is 0. The van der Waals surface area contributed by atoms with Crippen molar-refractivity contribution < 1.29 is 10.2 Å². The fourth-order valence-electron chi connectivity index (χ4n) is 0.581. The minimum Gasteiger partial charge on any atom is -0.508 e. The molecule has 1 aliphatic rings. The number of hydrogen-bond acceptors (Lipinski definition) is 3. The standard InChI is InChI=1S/C6H7NO2/c7-5-2-1-4(8)3-6(5)9/h1-3,6-9H. The molecule has 3 N–H and O–H groups in total. The maximum Gasteiger partial charge on any atom is 0.117 e. The average molecular weight is 125 g/mol. The van der Waals surface area contributed by atoms with Crippen LogP contribution in [0.15, 0.2) is 24.0 Å². The van der Waals surface area contributed by atoms with Gasteiger partial charge in [0.25, 0.3) is 0 Å². The van der Waals surface area contributed by atoms with E-state index in [1.54, 1.807) is 0 Å². The van der Waals surface area contributed by atoms with Gasteiger partial charge in [0.1, 0.15) is 11.9 Å². The van der Waals surface area contributed by atoms with Crippen molar-refractivity contribution in [1.29, 1.82) is 5.41 Å². The first-order chi connectivity index (χ1) is 4.20. The van der Waals surface area contributed by atoms with Crippen molar-refractivity contribution in [2.45, 2.75) is 6.10 Å². The zero-order valence-electron chi connectivity index (χ0n) is 4.70. The van der Waals surface area contributed by atoms with Gasteiger partial charge in [-0.3, -0.25) is 0 Å². The molecule has 9 heavy (non-hydrogen) atoms. The minimum atomic E-state index is -0.935. The molecule has 0 amide bonds. The van der Waals surface area contributed by atoms with Crippen LogP contribution < -0.4 is 0 Å². The molecule has 48 valence electrons. The number of aliphatic hydroxyl groups excluding tert-OH is 2. The Labute approximate surface area is 52.5 Å². The largest absolute Gasteiger partial charge is 0.508 e. The van der Waals surface area contributed by atoms with E-state index in [-0.39, 0.29) is 11.5 Å². The first-order valence-electron chi connectivity index (χ1n) is 2.55. The van der Waals surface area contributed by atoms with Gasteiger partial charge in [-0.15, -0.1) is 0 Å². The van der Waals surface area contributed by atoms with Crippen LogP contribution in [-0.2, 0) is 0 Å². The van der Waals surface area contributed by atoms with E-state index in [1.807, 2.05) is 0 Å². The number of hydrogen-bond donors (Lipinski definition) is 3. The minimum absolute atomic E-state index is 0.0125. The van der Waals surface area contributed by atoms with Gasteiger partial charge in [-0.05, 0) is 18.2 Å². The lowest BCUT2D eigenvalue weighted by atomic mass is 10.1. The Kier molecular flexibility index (Phi) is 1.36. The van der Waals surface area contributed by atoms with E-state index in [0.29, 0.717) is 0 Å². The highest BCUT2D eigenvalue weighted by atomic mass is 16.3. The summed E-state index contributed by atoms with van der Waals surface area (Å²) in [5, 5.41) is 24.5. The van der Waals surface area contributed by atoms with E-state index in [2.05, 4.69) is 0 Å². The van der Waals surface area contributed by atoms with E-state index >= 15 is 0 Å². The smallest absolute Gasteiger partial charge is 0.117 e. The van der Waals surface area contributed by atoms with Gasteiger partial charge in [0.05, 0.1) is 5.71 Å². The average Bonchev–Trinajstić information content (AvgIpc) is 1.80. The second kappa shape index (κ2) is 2.03. The van der Waals surface area contributed by atoms with Gasteiger partial charge in [0.2, 0.25) is 0 Å². The van der Waals surface area contributed by atoms with Crippen LogP contribution in [0.4, 0.5) is 0 Å². The monoisotopic (exact) mass is 125 g/mol. The van der Waals surface area contributed by atoms with Gasteiger partial charge in [0, 0.05) is 0 Å². The maximum absolute atomic E-state index is 8.84. The molecule has 0 fully saturated rings. The molecule has 0 aliphatic heterocycles. The third-order valence-corrected chi connectivity index (χ3v) is 1.08. The van der Waals surface area contributed by atoms with E-state index in [0.717, 1.165) is 0 Å². The Morgan fingerprint density at radius 1 is 1.44 bits per heavy atom. The van der Waals surface area contributed by atoms with Crippen LogP contribution in [0.2, 0.25) is 0 Å². The lowest BCUT2D eigenvalue weighted by molar-refractivity contribution is 0.280. The van der Waals surface area contributed by atoms with Crippen LogP contribution in [-0.4, -0.2) is 22.0 Å². The Morgan fingerprint density at radius 2 is 2.11 bits per heavy atom. The fraction of sp³-hybridized carbons (Fsp3) is 0.167. The summed E-state index contributed by atoms with van der Waals surface area (Å²) in [4.78, 5) is 0. The van der Waals surface area contributed by atoms with Crippen molar-refractivity contribution in [2.24, 2.45) is 0 Å². The predicted octanol–water partition coefficient (Wildman–Crippen LogP) is 0.379. The Morgan fingerprint density at radius 3 is 2.56 bits per heavy atom. The first-order valence-corrected chi connectivity index (χ1v) is 2.55. The molecule has 0 aromatic heterocycles. The van der Waals surface area contributed by atoms with Crippen molar-refractivity contribution >= 4 is 5.71 Å². The molecule has 0 bridgehead atoms. The molecule has 1 atom stereocenters. The molecule has 3 heteroatoms.